The summed E-state index contributed by atoms with van der Waals surface area (Å²) in [6, 6.07) is 0. The van der Waals surface area contributed by atoms with Crippen molar-refractivity contribution in [3.63, 3.8) is 0 Å². The number of nitrogens with zero attached hydrogens (tertiary/aromatic N) is 2. The van der Waals surface area contributed by atoms with Gasteiger partial charge in [-0.25, -0.2) is 0 Å². The molecule has 0 saturated heterocycles. The maximum atomic E-state index is 11.0. The van der Waals surface area contributed by atoms with E-state index in [9.17, 15) is 18.3 Å². The molecule has 0 aliphatic heterocycles. The number of rotatable bonds is 10. The fourth-order valence-electron chi connectivity index (χ4n) is 1.59. The van der Waals surface area contributed by atoms with Crippen molar-refractivity contribution in [2.24, 2.45) is 0 Å². The largest absolute Gasteiger partial charge is 0.339 e. The van der Waals surface area contributed by atoms with Crippen LogP contribution >= 0.6 is 30.4 Å². The van der Waals surface area contributed by atoms with Crippen LogP contribution in [0.25, 0.3) is 0 Å². The first-order valence-corrected chi connectivity index (χ1v) is 12.7. The van der Waals surface area contributed by atoms with Gasteiger partial charge in [-0.2, -0.15) is 0 Å². The summed E-state index contributed by atoms with van der Waals surface area (Å²) in [5, 5.41) is 0. The molecule has 0 aromatic carbocycles. The van der Waals surface area contributed by atoms with Crippen LogP contribution in [0, 0.1) is 0 Å². The Labute approximate surface area is 130 Å². The zero-order valence-corrected chi connectivity index (χ0v) is 15.0. The first kappa shape index (κ1) is 23.5. The van der Waals surface area contributed by atoms with E-state index < -0.39 is 62.2 Å². The Bertz CT molecular complexity index is 472. The van der Waals surface area contributed by atoms with Gasteiger partial charge in [0.1, 0.15) is 25.1 Å². The molecule has 0 rings (SSSR count). The van der Waals surface area contributed by atoms with Crippen LogP contribution in [0.3, 0.4) is 0 Å². The van der Waals surface area contributed by atoms with E-state index in [-0.39, 0.29) is 0 Å². The van der Waals surface area contributed by atoms with Crippen LogP contribution in [-0.4, -0.2) is 80.8 Å². The maximum absolute atomic E-state index is 11.0. The summed E-state index contributed by atoms with van der Waals surface area (Å²) in [6.45, 7) is -0.896. The van der Waals surface area contributed by atoms with E-state index in [2.05, 4.69) is 0 Å². The fraction of sp³-hybridized carbons (Fsp3) is 1.00. The Balaban J connectivity index is 5.31. The van der Waals surface area contributed by atoms with Gasteiger partial charge in [0.15, 0.2) is 0 Å². The second-order valence-electron chi connectivity index (χ2n) is 4.71. The molecule has 0 aromatic rings. The van der Waals surface area contributed by atoms with Gasteiger partial charge in [-0.15, -0.1) is 0 Å². The average molecular weight is 422 g/mol. The molecule has 0 unspecified atom stereocenters. The summed E-state index contributed by atoms with van der Waals surface area (Å²) in [7, 11) is -19.2. The molecule has 0 aliphatic rings. The standard InChI is InChI=1S/C5H18N2O12P4/c8-20(9,10)2-6(3-21(11,12)13)1-7(4-22(14,15)16)5-23(17,18)19/h1-5H2,(H2,8,9,10)(H2,11,12,13)(H2,14,15,16)(H2,17,18,19). The molecule has 0 fully saturated rings. The lowest BCUT2D eigenvalue weighted by Gasteiger charge is -2.30. The molecule has 0 atom stereocenters. The topological polar surface area (TPSA) is 237 Å². The van der Waals surface area contributed by atoms with Crippen molar-refractivity contribution in [1.82, 2.24) is 9.80 Å². The molecule has 0 amide bonds. The van der Waals surface area contributed by atoms with Crippen LogP contribution in [0.2, 0.25) is 0 Å². The first-order chi connectivity index (χ1) is 9.86. The number of hydrogen-bond donors (Lipinski definition) is 8. The van der Waals surface area contributed by atoms with Crippen LogP contribution < -0.4 is 0 Å². The van der Waals surface area contributed by atoms with Crippen LogP contribution in [0.15, 0.2) is 0 Å². The third kappa shape index (κ3) is 15.8. The molecule has 0 aromatic heterocycles. The van der Waals surface area contributed by atoms with Gasteiger partial charge in [0.25, 0.3) is 0 Å². The minimum atomic E-state index is -4.80. The predicted molar refractivity (Wildman–Crippen MR) is 76.2 cm³/mol. The van der Waals surface area contributed by atoms with Gasteiger partial charge in [0.05, 0.1) is 6.67 Å². The molecule has 18 heteroatoms. The summed E-state index contributed by atoms with van der Waals surface area (Å²) in [6.07, 6.45) is -4.73. The molecule has 0 saturated carbocycles. The van der Waals surface area contributed by atoms with E-state index >= 15 is 0 Å². The Hall–Kier alpha value is 0.520. The summed E-state index contributed by atoms with van der Waals surface area (Å²) < 4.78 is 43.8. The van der Waals surface area contributed by atoms with Crippen LogP contribution in [0.5, 0.6) is 0 Å². The minimum absolute atomic E-state index is 0.451. The lowest BCUT2D eigenvalue weighted by atomic mass is 10.8. The van der Waals surface area contributed by atoms with Crippen molar-refractivity contribution in [2.45, 2.75) is 0 Å². The van der Waals surface area contributed by atoms with Crippen molar-refractivity contribution in [1.29, 1.82) is 0 Å². The molecule has 140 valence electrons. The molecule has 8 N–H and O–H groups in total. The maximum Gasteiger partial charge on any atom is 0.339 e. The molecule has 0 aliphatic carbocycles. The molecule has 0 spiro atoms. The lowest BCUT2D eigenvalue weighted by Crippen LogP contribution is -2.40. The predicted octanol–water partition coefficient (Wildman–Crippen LogP) is -1.91. The molecule has 0 bridgehead atoms. The van der Waals surface area contributed by atoms with Crippen molar-refractivity contribution >= 4 is 30.4 Å². The third-order valence-electron chi connectivity index (χ3n) is 1.94. The van der Waals surface area contributed by atoms with Crippen LogP contribution in [-0.2, 0) is 18.3 Å². The highest BCUT2D eigenvalue weighted by molar-refractivity contribution is 7.53. The SMILES string of the molecule is O=P(O)(O)CN(CN(CP(=O)(O)O)CP(=O)(O)O)CP(=O)(O)O. The molecule has 0 heterocycles. The van der Waals surface area contributed by atoms with Gasteiger partial charge < -0.3 is 39.1 Å². The Morgan fingerprint density at radius 1 is 0.478 bits per heavy atom. The highest BCUT2D eigenvalue weighted by atomic mass is 31.2. The zero-order chi connectivity index (χ0) is 18.7. The summed E-state index contributed by atoms with van der Waals surface area (Å²) in [5.41, 5.74) is 0. The second-order valence-corrected chi connectivity index (χ2v) is 11.2. The van der Waals surface area contributed by atoms with Crippen molar-refractivity contribution in [3.05, 3.63) is 0 Å². The average Bonchev–Trinajstić information content (AvgIpc) is 2.03. The van der Waals surface area contributed by atoms with Gasteiger partial charge in [0.2, 0.25) is 0 Å². The Kier molecular flexibility index (Phi) is 8.45. The quantitative estimate of drug-likeness (QED) is 0.142. The summed E-state index contributed by atoms with van der Waals surface area (Å²) >= 11 is 0. The zero-order valence-electron chi connectivity index (χ0n) is 11.4. The summed E-state index contributed by atoms with van der Waals surface area (Å²) in [5.74, 6) is 0. The second kappa shape index (κ2) is 8.27. The third-order valence-corrected chi connectivity index (χ3v) is 5.01. The minimum Gasteiger partial charge on any atom is -0.324 e. The van der Waals surface area contributed by atoms with Crippen molar-refractivity contribution in [3.8, 4) is 0 Å². The van der Waals surface area contributed by atoms with Gasteiger partial charge in [-0.3, -0.25) is 28.1 Å². The molecular weight excluding hydrogens is 404 g/mol. The Morgan fingerprint density at radius 2 is 0.652 bits per heavy atom. The van der Waals surface area contributed by atoms with Crippen LogP contribution in [0.4, 0.5) is 0 Å². The highest BCUT2D eigenvalue weighted by Gasteiger charge is 2.31. The molecule has 0 radical (unpaired) electrons. The van der Waals surface area contributed by atoms with Crippen molar-refractivity contribution in [2.75, 3.05) is 31.8 Å². The van der Waals surface area contributed by atoms with Gasteiger partial charge in [-0.05, 0) is 0 Å². The van der Waals surface area contributed by atoms with Gasteiger partial charge >= 0.3 is 30.4 Å². The fourth-order valence-corrected chi connectivity index (χ4v) is 4.75. The molecule has 14 nitrogen and oxygen atoms in total. The molecule has 23 heavy (non-hydrogen) atoms. The first-order valence-electron chi connectivity index (χ1n) is 5.49. The van der Waals surface area contributed by atoms with E-state index in [0.29, 0.717) is 9.80 Å². The van der Waals surface area contributed by atoms with E-state index in [0.717, 1.165) is 0 Å². The van der Waals surface area contributed by atoms with Crippen LogP contribution in [0.1, 0.15) is 0 Å². The summed E-state index contributed by atoms with van der Waals surface area (Å²) in [4.78, 5) is 71.7. The van der Waals surface area contributed by atoms with E-state index in [1.165, 1.54) is 0 Å². The van der Waals surface area contributed by atoms with E-state index in [1.807, 2.05) is 0 Å². The van der Waals surface area contributed by atoms with Crippen molar-refractivity contribution < 1.29 is 57.4 Å². The monoisotopic (exact) mass is 422 g/mol. The van der Waals surface area contributed by atoms with E-state index in [1.54, 1.807) is 0 Å². The Morgan fingerprint density at radius 3 is 0.783 bits per heavy atom. The highest BCUT2D eigenvalue weighted by Crippen LogP contribution is 2.43. The smallest absolute Gasteiger partial charge is 0.324 e. The van der Waals surface area contributed by atoms with Gasteiger partial charge in [-0.1, -0.05) is 0 Å². The van der Waals surface area contributed by atoms with Gasteiger partial charge in [0, 0.05) is 0 Å². The number of hydrogen-bond acceptors (Lipinski definition) is 6. The lowest BCUT2D eigenvalue weighted by molar-refractivity contribution is 0.169. The van der Waals surface area contributed by atoms with E-state index in [4.69, 9.17) is 39.1 Å². The normalized spacial score (nSPS) is 14.7. The molecular formula is C5H18N2O12P4.